The third kappa shape index (κ3) is 1.87. The van der Waals surface area contributed by atoms with E-state index < -0.39 is 11.5 Å². The average Bonchev–Trinajstić information content (AvgIpc) is 1.59. The zero-order valence-electron chi connectivity index (χ0n) is 4.78. The van der Waals surface area contributed by atoms with E-state index in [4.69, 9.17) is 5.11 Å². The van der Waals surface area contributed by atoms with Gasteiger partial charge in [-0.25, -0.2) is 0 Å². The SMILES string of the molecule is O=C1CC(O)CC(S)O1. The first kappa shape index (κ1) is 6.89. The Labute approximate surface area is 58.4 Å². The molecule has 9 heavy (non-hydrogen) atoms. The molecule has 1 heterocycles. The van der Waals surface area contributed by atoms with Crippen molar-refractivity contribution in [3.05, 3.63) is 0 Å². The Morgan fingerprint density at radius 3 is 2.89 bits per heavy atom. The molecule has 1 N–H and O–H groups in total. The maximum atomic E-state index is 10.5. The van der Waals surface area contributed by atoms with Gasteiger partial charge in [-0.05, 0) is 0 Å². The summed E-state index contributed by atoms with van der Waals surface area (Å²) in [6.07, 6.45) is -0.0138. The summed E-state index contributed by atoms with van der Waals surface area (Å²) in [5, 5.41) is 8.90. The monoisotopic (exact) mass is 148 g/mol. The topological polar surface area (TPSA) is 46.5 Å². The molecule has 1 fully saturated rings. The number of cyclic esters (lactones) is 1. The van der Waals surface area contributed by atoms with Crippen molar-refractivity contribution in [2.24, 2.45) is 0 Å². The number of carbonyl (C=O) groups is 1. The molecule has 0 aliphatic carbocycles. The van der Waals surface area contributed by atoms with Crippen LogP contribution < -0.4 is 0 Å². The normalized spacial score (nSPS) is 36.0. The van der Waals surface area contributed by atoms with Gasteiger partial charge in [0.15, 0.2) is 0 Å². The van der Waals surface area contributed by atoms with Crippen molar-refractivity contribution < 1.29 is 14.6 Å². The van der Waals surface area contributed by atoms with E-state index in [-0.39, 0.29) is 12.4 Å². The minimum Gasteiger partial charge on any atom is -0.451 e. The first-order chi connectivity index (χ1) is 4.18. The third-order valence-electron chi connectivity index (χ3n) is 1.14. The van der Waals surface area contributed by atoms with Crippen molar-refractivity contribution in [1.29, 1.82) is 0 Å². The van der Waals surface area contributed by atoms with E-state index in [1.807, 2.05) is 0 Å². The molecule has 0 bridgehead atoms. The summed E-state index contributed by atoms with van der Waals surface area (Å²) >= 11 is 3.88. The molecule has 0 saturated carbocycles. The second-order valence-electron chi connectivity index (χ2n) is 2.04. The Balaban J connectivity index is 2.43. The van der Waals surface area contributed by atoms with Gasteiger partial charge in [0.1, 0.15) is 5.44 Å². The van der Waals surface area contributed by atoms with Crippen LogP contribution in [0.4, 0.5) is 0 Å². The Morgan fingerprint density at radius 2 is 2.44 bits per heavy atom. The molecule has 2 unspecified atom stereocenters. The lowest BCUT2D eigenvalue weighted by Crippen LogP contribution is -2.29. The molecule has 52 valence electrons. The number of esters is 1. The molecule has 1 saturated heterocycles. The number of aliphatic hydroxyl groups excluding tert-OH is 1. The van der Waals surface area contributed by atoms with Crippen LogP contribution in [0.3, 0.4) is 0 Å². The first-order valence-corrected chi connectivity index (χ1v) is 3.26. The van der Waals surface area contributed by atoms with Gasteiger partial charge in [-0.3, -0.25) is 4.79 Å². The fourth-order valence-corrected chi connectivity index (χ4v) is 1.12. The Hall–Kier alpha value is -0.220. The Morgan fingerprint density at radius 1 is 1.78 bits per heavy atom. The van der Waals surface area contributed by atoms with Gasteiger partial charge in [0.05, 0.1) is 12.5 Å². The van der Waals surface area contributed by atoms with Gasteiger partial charge in [0.2, 0.25) is 0 Å². The summed E-state index contributed by atoms with van der Waals surface area (Å²) in [4.78, 5) is 10.5. The second-order valence-corrected chi connectivity index (χ2v) is 2.61. The van der Waals surface area contributed by atoms with E-state index in [1.54, 1.807) is 0 Å². The van der Waals surface area contributed by atoms with E-state index >= 15 is 0 Å². The molecule has 0 aromatic heterocycles. The van der Waals surface area contributed by atoms with Crippen LogP contribution in [-0.4, -0.2) is 22.6 Å². The molecule has 0 aromatic rings. The maximum Gasteiger partial charge on any atom is 0.309 e. The van der Waals surface area contributed by atoms with Gasteiger partial charge in [0.25, 0.3) is 0 Å². The molecule has 3 nitrogen and oxygen atoms in total. The predicted molar refractivity (Wildman–Crippen MR) is 34.1 cm³/mol. The van der Waals surface area contributed by atoms with Crippen molar-refractivity contribution in [3.63, 3.8) is 0 Å². The Kier molecular flexibility index (Phi) is 1.97. The first-order valence-electron chi connectivity index (χ1n) is 2.74. The van der Waals surface area contributed by atoms with Gasteiger partial charge in [0, 0.05) is 6.42 Å². The lowest BCUT2D eigenvalue weighted by molar-refractivity contribution is -0.153. The number of ether oxygens (including phenoxy) is 1. The lowest BCUT2D eigenvalue weighted by atomic mass is 10.1. The van der Waals surface area contributed by atoms with Crippen molar-refractivity contribution in [2.75, 3.05) is 0 Å². The van der Waals surface area contributed by atoms with Gasteiger partial charge in [-0.15, -0.1) is 12.6 Å². The molecular weight excluding hydrogens is 140 g/mol. The number of hydrogen-bond donors (Lipinski definition) is 2. The van der Waals surface area contributed by atoms with Crippen LogP contribution in [0.25, 0.3) is 0 Å². The van der Waals surface area contributed by atoms with Crippen LogP contribution in [0, 0.1) is 0 Å². The summed E-state index contributed by atoms with van der Waals surface area (Å²) in [6, 6.07) is 0. The smallest absolute Gasteiger partial charge is 0.309 e. The predicted octanol–water partition coefficient (Wildman–Crippen LogP) is -0.0598. The van der Waals surface area contributed by atoms with E-state index in [2.05, 4.69) is 17.4 Å². The standard InChI is InChI=1S/C5H8O3S/c6-3-1-4(7)8-5(9)2-3/h3,5-6,9H,1-2H2. The zero-order chi connectivity index (χ0) is 6.85. The molecule has 0 radical (unpaired) electrons. The van der Waals surface area contributed by atoms with Crippen LogP contribution in [0.5, 0.6) is 0 Å². The van der Waals surface area contributed by atoms with E-state index in [1.165, 1.54) is 0 Å². The molecule has 1 aliphatic rings. The number of carbonyl (C=O) groups excluding carboxylic acids is 1. The lowest BCUT2D eigenvalue weighted by Gasteiger charge is -2.21. The third-order valence-corrected chi connectivity index (χ3v) is 1.46. The fraction of sp³-hybridized carbons (Fsp3) is 0.800. The summed E-state index contributed by atoms with van der Waals surface area (Å²) < 4.78 is 4.62. The summed E-state index contributed by atoms with van der Waals surface area (Å²) in [7, 11) is 0. The van der Waals surface area contributed by atoms with Crippen LogP contribution in [0.1, 0.15) is 12.8 Å². The molecule has 4 heteroatoms. The molecular formula is C5H8O3S. The number of thiol groups is 1. The molecule has 1 rings (SSSR count). The van der Waals surface area contributed by atoms with Crippen molar-refractivity contribution in [3.8, 4) is 0 Å². The maximum absolute atomic E-state index is 10.5. The highest BCUT2D eigenvalue weighted by Gasteiger charge is 2.23. The summed E-state index contributed by atoms with van der Waals surface area (Å²) in [5.41, 5.74) is -0.416. The van der Waals surface area contributed by atoms with E-state index in [0.29, 0.717) is 6.42 Å². The highest BCUT2D eigenvalue weighted by atomic mass is 32.1. The molecule has 2 atom stereocenters. The molecule has 0 amide bonds. The van der Waals surface area contributed by atoms with Crippen molar-refractivity contribution in [1.82, 2.24) is 0 Å². The number of rotatable bonds is 0. The van der Waals surface area contributed by atoms with E-state index in [9.17, 15) is 4.79 Å². The quantitative estimate of drug-likeness (QED) is 0.373. The number of hydrogen-bond acceptors (Lipinski definition) is 4. The van der Waals surface area contributed by atoms with E-state index in [0.717, 1.165) is 0 Å². The highest BCUT2D eigenvalue weighted by molar-refractivity contribution is 7.80. The highest BCUT2D eigenvalue weighted by Crippen LogP contribution is 2.16. The minimum absolute atomic E-state index is 0.108. The van der Waals surface area contributed by atoms with Gasteiger partial charge < -0.3 is 9.84 Å². The molecule has 0 aromatic carbocycles. The van der Waals surface area contributed by atoms with Crippen LogP contribution in [-0.2, 0) is 9.53 Å². The summed E-state index contributed by atoms with van der Waals surface area (Å²) in [6.45, 7) is 0. The Bertz CT molecular complexity index is 113. The largest absolute Gasteiger partial charge is 0.451 e. The molecule has 1 aliphatic heterocycles. The fourth-order valence-electron chi connectivity index (χ4n) is 0.756. The zero-order valence-corrected chi connectivity index (χ0v) is 5.67. The average molecular weight is 148 g/mol. The summed E-state index contributed by atoms with van der Waals surface area (Å²) in [5.74, 6) is -0.367. The van der Waals surface area contributed by atoms with Crippen LogP contribution in [0.15, 0.2) is 0 Å². The van der Waals surface area contributed by atoms with Gasteiger partial charge in [-0.1, -0.05) is 0 Å². The minimum atomic E-state index is -0.561. The number of aliphatic hydroxyl groups is 1. The second kappa shape index (κ2) is 2.58. The van der Waals surface area contributed by atoms with Gasteiger partial charge >= 0.3 is 5.97 Å². The van der Waals surface area contributed by atoms with Crippen LogP contribution >= 0.6 is 12.6 Å². The van der Waals surface area contributed by atoms with Crippen molar-refractivity contribution in [2.45, 2.75) is 24.4 Å². The van der Waals surface area contributed by atoms with Crippen molar-refractivity contribution >= 4 is 18.6 Å². The van der Waals surface area contributed by atoms with Crippen LogP contribution in [0.2, 0.25) is 0 Å². The van der Waals surface area contributed by atoms with Gasteiger partial charge in [-0.2, -0.15) is 0 Å². The molecule has 0 spiro atoms.